The number of aromatic nitrogens is 4. The van der Waals surface area contributed by atoms with Gasteiger partial charge in [-0.2, -0.15) is 4.98 Å². The van der Waals surface area contributed by atoms with E-state index in [1.165, 1.54) is 0 Å². The molecule has 0 unspecified atom stereocenters. The zero-order chi connectivity index (χ0) is 13.7. The Morgan fingerprint density at radius 3 is 2.47 bits per heavy atom. The van der Waals surface area contributed by atoms with Crippen molar-refractivity contribution in [3.05, 3.63) is 23.6 Å². The molecule has 0 fully saturated rings. The Bertz CT molecular complexity index is 539. The van der Waals surface area contributed by atoms with Crippen molar-refractivity contribution in [3.8, 4) is 0 Å². The molecule has 0 bridgehead atoms. The van der Waals surface area contributed by atoms with E-state index in [-0.39, 0.29) is 0 Å². The fourth-order valence-electron chi connectivity index (χ4n) is 1.68. The first kappa shape index (κ1) is 13.3. The van der Waals surface area contributed by atoms with Crippen molar-refractivity contribution in [3.63, 3.8) is 0 Å². The summed E-state index contributed by atoms with van der Waals surface area (Å²) in [5.41, 5.74) is 0. The van der Waals surface area contributed by atoms with E-state index in [1.54, 1.807) is 6.92 Å². The molecule has 2 N–H and O–H groups in total. The van der Waals surface area contributed by atoms with Crippen molar-refractivity contribution >= 4 is 11.6 Å². The summed E-state index contributed by atoms with van der Waals surface area (Å²) in [6, 6.07) is 1.89. The highest BCUT2D eigenvalue weighted by molar-refractivity contribution is 5.47. The Labute approximate surface area is 111 Å². The molecule has 0 amide bonds. The molecule has 19 heavy (non-hydrogen) atoms. The van der Waals surface area contributed by atoms with Gasteiger partial charge in [0.05, 0.1) is 0 Å². The van der Waals surface area contributed by atoms with Crippen LogP contribution in [-0.2, 0) is 6.42 Å². The fourth-order valence-corrected chi connectivity index (χ4v) is 1.68. The van der Waals surface area contributed by atoms with Crippen LogP contribution in [0.2, 0.25) is 0 Å². The van der Waals surface area contributed by atoms with E-state index in [2.05, 4.69) is 30.7 Å². The van der Waals surface area contributed by atoms with Gasteiger partial charge in [0.1, 0.15) is 17.5 Å². The van der Waals surface area contributed by atoms with E-state index in [0.29, 0.717) is 24.7 Å². The van der Waals surface area contributed by atoms with Gasteiger partial charge in [-0.3, -0.25) is 0 Å². The first-order valence-corrected chi connectivity index (χ1v) is 6.30. The van der Waals surface area contributed by atoms with Crippen LogP contribution in [0.4, 0.5) is 11.6 Å². The van der Waals surface area contributed by atoms with E-state index in [1.807, 2.05) is 19.9 Å². The third kappa shape index (κ3) is 3.90. The molecule has 7 nitrogen and oxygen atoms in total. The molecule has 0 radical (unpaired) electrons. The Kier molecular flexibility index (Phi) is 4.27. The second-order valence-corrected chi connectivity index (χ2v) is 4.12. The summed E-state index contributed by atoms with van der Waals surface area (Å²) in [5, 5.41) is 10.2. The average Bonchev–Trinajstić information content (AvgIpc) is 2.75. The lowest BCUT2D eigenvalue weighted by atomic mass is 10.4. The van der Waals surface area contributed by atoms with Crippen LogP contribution in [-0.4, -0.2) is 33.2 Å². The number of aryl methyl sites for hydroxylation is 2. The quantitative estimate of drug-likeness (QED) is 0.816. The van der Waals surface area contributed by atoms with Crippen LogP contribution in [0.3, 0.4) is 0 Å². The molecule has 0 aliphatic heterocycles. The lowest BCUT2D eigenvalue weighted by Crippen LogP contribution is -2.10. The highest BCUT2D eigenvalue weighted by Crippen LogP contribution is 2.10. The summed E-state index contributed by atoms with van der Waals surface area (Å²) in [7, 11) is 0. The van der Waals surface area contributed by atoms with Gasteiger partial charge in [-0.05, 0) is 13.8 Å². The summed E-state index contributed by atoms with van der Waals surface area (Å²) in [4.78, 5) is 12.8. The molecule has 0 aromatic carbocycles. The zero-order valence-electron chi connectivity index (χ0n) is 11.4. The van der Waals surface area contributed by atoms with Crippen LogP contribution < -0.4 is 10.6 Å². The summed E-state index contributed by atoms with van der Waals surface area (Å²) < 4.78 is 4.91. The first-order chi connectivity index (χ1) is 9.17. The monoisotopic (exact) mass is 262 g/mol. The highest BCUT2D eigenvalue weighted by Gasteiger charge is 2.03. The van der Waals surface area contributed by atoms with E-state index in [4.69, 9.17) is 4.52 Å². The Morgan fingerprint density at radius 1 is 1.11 bits per heavy atom. The predicted octanol–water partition coefficient (Wildman–Crippen LogP) is 1.56. The van der Waals surface area contributed by atoms with Gasteiger partial charge < -0.3 is 15.2 Å². The number of nitrogens with zero attached hydrogens (tertiary/aromatic N) is 4. The number of rotatable bonds is 6. The number of anilines is 2. The van der Waals surface area contributed by atoms with Crippen molar-refractivity contribution in [2.45, 2.75) is 27.2 Å². The van der Waals surface area contributed by atoms with E-state index in [0.717, 1.165) is 24.0 Å². The molecule has 2 rings (SSSR count). The summed E-state index contributed by atoms with van der Waals surface area (Å²) in [6.07, 6.45) is 0.691. The molecule has 0 atom stereocenters. The predicted molar refractivity (Wildman–Crippen MR) is 72.2 cm³/mol. The molecule has 2 heterocycles. The highest BCUT2D eigenvalue weighted by atomic mass is 16.5. The van der Waals surface area contributed by atoms with Crippen molar-refractivity contribution in [2.75, 3.05) is 23.7 Å². The van der Waals surface area contributed by atoms with Crippen molar-refractivity contribution < 1.29 is 4.52 Å². The van der Waals surface area contributed by atoms with Crippen LogP contribution in [0.15, 0.2) is 10.6 Å². The number of hydrogen-bond acceptors (Lipinski definition) is 7. The molecular formula is C12H18N6O. The molecule has 0 saturated carbocycles. The van der Waals surface area contributed by atoms with Gasteiger partial charge in [0, 0.05) is 32.5 Å². The van der Waals surface area contributed by atoms with E-state index >= 15 is 0 Å². The lowest BCUT2D eigenvalue weighted by molar-refractivity contribution is 0.387. The molecular weight excluding hydrogens is 244 g/mol. The van der Waals surface area contributed by atoms with Gasteiger partial charge in [0.25, 0.3) is 0 Å². The van der Waals surface area contributed by atoms with Crippen LogP contribution in [0.5, 0.6) is 0 Å². The molecule has 0 aliphatic rings. The molecule has 2 aromatic rings. The summed E-state index contributed by atoms with van der Waals surface area (Å²) in [5.74, 6) is 3.64. The summed E-state index contributed by atoms with van der Waals surface area (Å²) in [6.45, 7) is 7.21. The van der Waals surface area contributed by atoms with Crippen LogP contribution in [0, 0.1) is 13.8 Å². The SMILES string of the molecule is CCNc1cc(NCCc2noc(C)n2)nc(C)n1. The van der Waals surface area contributed by atoms with Crippen molar-refractivity contribution in [1.82, 2.24) is 20.1 Å². The third-order valence-corrected chi connectivity index (χ3v) is 2.42. The van der Waals surface area contributed by atoms with E-state index in [9.17, 15) is 0 Å². The van der Waals surface area contributed by atoms with Crippen molar-refractivity contribution in [2.24, 2.45) is 0 Å². The van der Waals surface area contributed by atoms with Gasteiger partial charge in [0.2, 0.25) is 5.89 Å². The van der Waals surface area contributed by atoms with Gasteiger partial charge in [0.15, 0.2) is 5.82 Å². The molecule has 102 valence electrons. The maximum Gasteiger partial charge on any atom is 0.223 e. The smallest absolute Gasteiger partial charge is 0.223 e. The van der Waals surface area contributed by atoms with Gasteiger partial charge in [-0.25, -0.2) is 9.97 Å². The maximum atomic E-state index is 4.91. The molecule has 0 saturated heterocycles. The minimum atomic E-state index is 0.585. The Balaban J connectivity index is 1.91. The van der Waals surface area contributed by atoms with Gasteiger partial charge in [-0.1, -0.05) is 5.16 Å². The van der Waals surface area contributed by atoms with Gasteiger partial charge in [-0.15, -0.1) is 0 Å². The Hall–Kier alpha value is -2.18. The maximum absolute atomic E-state index is 4.91. The zero-order valence-corrected chi connectivity index (χ0v) is 11.4. The Morgan fingerprint density at radius 2 is 1.84 bits per heavy atom. The largest absolute Gasteiger partial charge is 0.370 e. The second kappa shape index (κ2) is 6.12. The standard InChI is InChI=1S/C12H18N6O/c1-4-13-11-7-12(16-8(2)15-11)14-6-5-10-17-9(3)19-18-10/h7H,4-6H2,1-3H3,(H2,13,14,15,16). The van der Waals surface area contributed by atoms with Gasteiger partial charge >= 0.3 is 0 Å². The van der Waals surface area contributed by atoms with E-state index < -0.39 is 0 Å². The normalized spacial score (nSPS) is 10.5. The molecule has 0 spiro atoms. The number of nitrogens with one attached hydrogen (secondary N) is 2. The minimum Gasteiger partial charge on any atom is -0.370 e. The third-order valence-electron chi connectivity index (χ3n) is 2.42. The minimum absolute atomic E-state index is 0.585. The first-order valence-electron chi connectivity index (χ1n) is 6.30. The van der Waals surface area contributed by atoms with Crippen LogP contribution in [0.25, 0.3) is 0 Å². The second-order valence-electron chi connectivity index (χ2n) is 4.12. The topological polar surface area (TPSA) is 88.8 Å². The van der Waals surface area contributed by atoms with Crippen molar-refractivity contribution in [1.29, 1.82) is 0 Å². The molecule has 7 heteroatoms. The fraction of sp³-hybridized carbons (Fsp3) is 0.500. The van der Waals surface area contributed by atoms with Crippen LogP contribution in [0.1, 0.15) is 24.5 Å². The summed E-state index contributed by atoms with van der Waals surface area (Å²) >= 11 is 0. The molecule has 0 aliphatic carbocycles. The number of hydrogen-bond donors (Lipinski definition) is 2. The molecule has 2 aromatic heterocycles. The lowest BCUT2D eigenvalue weighted by Gasteiger charge is -2.08. The van der Waals surface area contributed by atoms with Crippen LogP contribution >= 0.6 is 0 Å². The average molecular weight is 262 g/mol.